The first-order valence-electron chi connectivity index (χ1n) is 12.8. The van der Waals surface area contributed by atoms with Crippen LogP contribution in [0.25, 0.3) is 0 Å². The Morgan fingerprint density at radius 3 is 2.63 bits per heavy atom. The van der Waals surface area contributed by atoms with E-state index in [4.69, 9.17) is 4.74 Å². The number of hydrogen-bond acceptors (Lipinski definition) is 8. The standard InChI is InChI=1S/C28H32O9S/c1-26-10-8-18(29)13-17(26)6-7-20-21-9-11-28(33,27(21,2)14-22(30)24(20)26)23(31)15-37-25(32)16-4-3-5-19(12-16)38(34,35)36/h3-5,8,10,12-13,20-22,24,30,33H,6-7,9,11,14-15H2,1-2H3,(H,34,35,36)/t20?,21?,22?,24?,26-,27-,28-/m0/s1. The van der Waals surface area contributed by atoms with E-state index < -0.39 is 55.9 Å². The normalized spacial score (nSPS) is 38.0. The Bertz CT molecular complexity index is 1380. The van der Waals surface area contributed by atoms with Crippen molar-refractivity contribution in [3.8, 4) is 0 Å². The molecule has 0 aliphatic heterocycles. The minimum absolute atomic E-state index is 0.0382. The molecule has 0 radical (unpaired) electrons. The van der Waals surface area contributed by atoms with Gasteiger partial charge in [0.25, 0.3) is 10.1 Å². The van der Waals surface area contributed by atoms with Crippen molar-refractivity contribution in [3.05, 3.63) is 53.6 Å². The molecular formula is C28H32O9S. The fourth-order valence-electron chi connectivity index (χ4n) is 7.91. The Hall–Kier alpha value is -2.66. The van der Waals surface area contributed by atoms with Crippen molar-refractivity contribution in [2.24, 2.45) is 28.6 Å². The number of fused-ring (bicyclic) bond motifs is 5. The monoisotopic (exact) mass is 544 g/mol. The van der Waals surface area contributed by atoms with Crippen molar-refractivity contribution in [1.82, 2.24) is 0 Å². The van der Waals surface area contributed by atoms with E-state index in [1.807, 2.05) is 19.9 Å². The smallest absolute Gasteiger partial charge is 0.338 e. The second-order valence-corrected chi connectivity index (χ2v) is 13.0. The fourth-order valence-corrected chi connectivity index (χ4v) is 8.43. The van der Waals surface area contributed by atoms with Crippen LogP contribution >= 0.6 is 0 Å². The van der Waals surface area contributed by atoms with Gasteiger partial charge in [-0.15, -0.1) is 0 Å². The van der Waals surface area contributed by atoms with Crippen LogP contribution in [-0.2, 0) is 24.4 Å². The van der Waals surface area contributed by atoms with Gasteiger partial charge in [-0.3, -0.25) is 14.1 Å². The van der Waals surface area contributed by atoms with E-state index in [1.54, 1.807) is 12.2 Å². The van der Waals surface area contributed by atoms with E-state index >= 15 is 0 Å². The van der Waals surface area contributed by atoms with Crippen molar-refractivity contribution in [1.29, 1.82) is 0 Å². The number of carbonyl (C=O) groups is 3. The molecule has 1 aromatic carbocycles. The first kappa shape index (κ1) is 26.9. The highest BCUT2D eigenvalue weighted by molar-refractivity contribution is 7.85. The molecule has 0 saturated heterocycles. The SMILES string of the molecule is C[C@]12C=CC(=O)C=C1CCC1C2C(O)C[C@@]2(C)C1CC[C@]2(O)C(=O)COC(=O)c1cccc(S(=O)(=O)O)c1. The number of ether oxygens (including phenoxy) is 1. The lowest BCUT2D eigenvalue weighted by Crippen LogP contribution is -2.61. The average Bonchev–Trinajstić information content (AvgIpc) is 3.13. The summed E-state index contributed by atoms with van der Waals surface area (Å²) in [5.41, 5.74) is -2.36. The molecule has 38 heavy (non-hydrogen) atoms. The Labute approximate surface area is 221 Å². The van der Waals surface area contributed by atoms with Crippen molar-refractivity contribution < 1.29 is 42.3 Å². The summed E-state index contributed by atoms with van der Waals surface area (Å²) in [5.74, 6) is -1.83. The summed E-state index contributed by atoms with van der Waals surface area (Å²) in [7, 11) is -4.53. The number of esters is 1. The van der Waals surface area contributed by atoms with Crippen molar-refractivity contribution >= 4 is 27.7 Å². The number of ketones is 2. The molecule has 1 aromatic rings. The van der Waals surface area contributed by atoms with Crippen molar-refractivity contribution in [2.75, 3.05) is 6.61 Å². The predicted octanol–water partition coefficient (Wildman–Crippen LogP) is 2.67. The van der Waals surface area contributed by atoms with Gasteiger partial charge in [-0.05, 0) is 74.3 Å². The van der Waals surface area contributed by atoms with Gasteiger partial charge in [0.1, 0.15) is 5.60 Å². The van der Waals surface area contributed by atoms with Gasteiger partial charge in [-0.2, -0.15) is 8.42 Å². The maximum absolute atomic E-state index is 13.4. The third-order valence-electron chi connectivity index (χ3n) is 9.81. The minimum Gasteiger partial charge on any atom is -0.454 e. The summed E-state index contributed by atoms with van der Waals surface area (Å²) in [4.78, 5) is 37.4. The van der Waals surface area contributed by atoms with Crippen molar-refractivity contribution in [2.45, 2.75) is 62.6 Å². The second-order valence-electron chi connectivity index (χ2n) is 11.6. The molecule has 4 aliphatic carbocycles. The topological polar surface area (TPSA) is 155 Å². The van der Waals surface area contributed by atoms with Gasteiger partial charge in [0.05, 0.1) is 16.6 Å². The highest BCUT2D eigenvalue weighted by Gasteiger charge is 2.68. The van der Waals surface area contributed by atoms with Crippen LogP contribution in [0.2, 0.25) is 0 Å². The molecule has 0 aromatic heterocycles. The fraction of sp³-hybridized carbons (Fsp3) is 0.536. The molecule has 7 atom stereocenters. The zero-order chi connectivity index (χ0) is 27.7. The number of aliphatic hydroxyl groups is 2. The summed E-state index contributed by atoms with van der Waals surface area (Å²) < 4.78 is 37.1. The summed E-state index contributed by atoms with van der Waals surface area (Å²) in [6, 6.07) is 4.62. The third-order valence-corrected chi connectivity index (χ3v) is 10.7. The lowest BCUT2D eigenvalue weighted by Gasteiger charge is -2.59. The number of aliphatic hydroxyl groups excluding tert-OH is 1. The van der Waals surface area contributed by atoms with E-state index in [0.29, 0.717) is 12.8 Å². The summed E-state index contributed by atoms with van der Waals surface area (Å²) >= 11 is 0. The predicted molar refractivity (Wildman–Crippen MR) is 135 cm³/mol. The van der Waals surface area contributed by atoms with Gasteiger partial charge >= 0.3 is 5.97 Å². The molecule has 9 nitrogen and oxygen atoms in total. The van der Waals surface area contributed by atoms with E-state index in [9.17, 15) is 37.6 Å². The molecule has 4 aliphatic rings. The van der Waals surface area contributed by atoms with Crippen LogP contribution in [0.5, 0.6) is 0 Å². The molecule has 5 rings (SSSR count). The van der Waals surface area contributed by atoms with Crippen LogP contribution in [0.4, 0.5) is 0 Å². The molecule has 3 saturated carbocycles. The summed E-state index contributed by atoms with van der Waals surface area (Å²) in [6.07, 6.45) is 6.71. The Kier molecular flexibility index (Phi) is 6.34. The van der Waals surface area contributed by atoms with Crippen LogP contribution in [-0.4, -0.2) is 59.0 Å². The molecule has 0 spiro atoms. The number of benzene rings is 1. The lowest BCUT2D eigenvalue weighted by molar-refractivity contribution is -0.178. The van der Waals surface area contributed by atoms with Gasteiger partial charge < -0.3 is 14.9 Å². The summed E-state index contributed by atoms with van der Waals surface area (Å²) in [6.45, 7) is 3.16. The van der Waals surface area contributed by atoms with Gasteiger partial charge in [0, 0.05) is 16.7 Å². The number of Topliss-reactive ketones (excluding diaryl/α,β-unsaturated/α-hetero) is 1. The molecule has 204 valence electrons. The minimum atomic E-state index is -4.53. The molecule has 4 unspecified atom stereocenters. The van der Waals surface area contributed by atoms with Crippen LogP contribution in [0, 0.1) is 28.6 Å². The average molecular weight is 545 g/mol. The number of carbonyl (C=O) groups excluding carboxylic acids is 3. The quantitative estimate of drug-likeness (QED) is 0.375. The van der Waals surface area contributed by atoms with E-state index in [2.05, 4.69) is 0 Å². The Morgan fingerprint density at radius 1 is 1.18 bits per heavy atom. The third kappa shape index (κ3) is 4.00. The first-order chi connectivity index (χ1) is 17.7. The molecule has 0 bridgehead atoms. The number of allylic oxidation sites excluding steroid dienone is 4. The van der Waals surface area contributed by atoms with Crippen LogP contribution in [0.15, 0.2) is 53.0 Å². The van der Waals surface area contributed by atoms with E-state index in [0.717, 1.165) is 24.1 Å². The van der Waals surface area contributed by atoms with E-state index in [1.165, 1.54) is 12.1 Å². The summed E-state index contributed by atoms with van der Waals surface area (Å²) in [5, 5.41) is 23.2. The van der Waals surface area contributed by atoms with Crippen LogP contribution in [0.3, 0.4) is 0 Å². The van der Waals surface area contributed by atoms with Crippen LogP contribution < -0.4 is 0 Å². The van der Waals surface area contributed by atoms with Gasteiger partial charge in [-0.1, -0.05) is 31.6 Å². The highest BCUT2D eigenvalue weighted by Crippen LogP contribution is 2.67. The molecule has 0 amide bonds. The van der Waals surface area contributed by atoms with Gasteiger partial charge in [0.15, 0.2) is 12.4 Å². The van der Waals surface area contributed by atoms with Gasteiger partial charge in [-0.25, -0.2) is 4.79 Å². The molecule has 3 fully saturated rings. The Balaban J connectivity index is 1.34. The zero-order valence-corrected chi connectivity index (χ0v) is 22.1. The second kappa shape index (κ2) is 8.94. The Morgan fingerprint density at radius 2 is 1.92 bits per heavy atom. The highest BCUT2D eigenvalue weighted by atomic mass is 32.2. The largest absolute Gasteiger partial charge is 0.454 e. The lowest BCUT2D eigenvalue weighted by atomic mass is 9.46. The molecular weight excluding hydrogens is 512 g/mol. The van der Waals surface area contributed by atoms with Crippen molar-refractivity contribution in [3.63, 3.8) is 0 Å². The molecule has 3 N–H and O–H groups in total. The number of hydrogen-bond donors (Lipinski definition) is 3. The first-order valence-corrected chi connectivity index (χ1v) is 14.3. The number of rotatable bonds is 5. The molecule has 10 heteroatoms. The maximum atomic E-state index is 13.4. The zero-order valence-electron chi connectivity index (χ0n) is 21.3. The van der Waals surface area contributed by atoms with Crippen LogP contribution in [0.1, 0.15) is 56.3 Å². The van der Waals surface area contributed by atoms with E-state index in [-0.39, 0.29) is 41.9 Å². The molecule has 0 heterocycles. The van der Waals surface area contributed by atoms with Gasteiger partial charge in [0.2, 0.25) is 5.78 Å². The maximum Gasteiger partial charge on any atom is 0.338 e.